The molecule has 2 N–H and O–H groups in total. The molecule has 0 radical (unpaired) electrons. The topological polar surface area (TPSA) is 65.3 Å². The van der Waals surface area contributed by atoms with Crippen molar-refractivity contribution < 1.29 is 14.2 Å². The van der Waals surface area contributed by atoms with Gasteiger partial charge in [-0.2, -0.15) is 5.26 Å². The van der Waals surface area contributed by atoms with Crippen LogP contribution >= 0.6 is 0 Å². The van der Waals surface area contributed by atoms with Gasteiger partial charge in [0.15, 0.2) is 0 Å². The number of hydrogen-bond donors (Lipinski definition) is 2. The smallest absolute Gasteiger partial charge is 0.147 e. The number of nitrogens with one attached hydrogen (secondary N) is 1. The highest BCUT2D eigenvalue weighted by Gasteiger charge is 2.06. The molecule has 1 aromatic carbocycles. The van der Waals surface area contributed by atoms with Crippen molar-refractivity contribution in [2.24, 2.45) is 0 Å². The third-order valence-electron chi connectivity index (χ3n) is 1.99. The van der Waals surface area contributed by atoms with Crippen molar-refractivity contribution in [2.45, 2.75) is 6.10 Å². The predicted molar refractivity (Wildman–Crippen MR) is 57.5 cm³/mol. The van der Waals surface area contributed by atoms with E-state index < -0.39 is 11.9 Å². The second-order valence-electron chi connectivity index (χ2n) is 3.30. The van der Waals surface area contributed by atoms with Crippen molar-refractivity contribution in [1.82, 2.24) is 0 Å². The Morgan fingerprint density at radius 3 is 2.94 bits per heavy atom. The molecule has 1 atom stereocenters. The number of aliphatic hydroxyl groups excluding tert-OH is 1. The minimum atomic E-state index is -0.694. The number of rotatable bonds is 5. The van der Waals surface area contributed by atoms with Gasteiger partial charge in [-0.1, -0.05) is 0 Å². The third kappa shape index (κ3) is 3.50. The van der Waals surface area contributed by atoms with Crippen LogP contribution in [0.3, 0.4) is 0 Å². The Labute approximate surface area is 93.3 Å². The van der Waals surface area contributed by atoms with Gasteiger partial charge < -0.3 is 15.2 Å². The van der Waals surface area contributed by atoms with Gasteiger partial charge in [-0.25, -0.2) is 4.39 Å². The number of anilines is 1. The highest BCUT2D eigenvalue weighted by atomic mass is 19.1. The number of hydrogen-bond acceptors (Lipinski definition) is 4. The lowest BCUT2D eigenvalue weighted by Gasteiger charge is -2.12. The molecular formula is C11H13FN2O2. The van der Waals surface area contributed by atoms with Gasteiger partial charge in [0, 0.05) is 13.7 Å². The summed E-state index contributed by atoms with van der Waals surface area (Å²) in [7, 11) is 1.48. The maximum absolute atomic E-state index is 13.3. The van der Waals surface area contributed by atoms with E-state index in [1.165, 1.54) is 19.2 Å². The summed E-state index contributed by atoms with van der Waals surface area (Å²) in [6, 6.07) is 5.96. The zero-order chi connectivity index (χ0) is 12.0. The first-order chi connectivity index (χ1) is 7.67. The van der Waals surface area contributed by atoms with E-state index in [1.54, 1.807) is 0 Å². The first kappa shape index (κ1) is 12.4. The molecule has 86 valence electrons. The molecule has 5 heteroatoms. The summed E-state index contributed by atoms with van der Waals surface area (Å²) < 4.78 is 18.1. The summed E-state index contributed by atoms with van der Waals surface area (Å²) in [5.74, 6) is -0.510. The molecule has 0 aliphatic heterocycles. The summed E-state index contributed by atoms with van der Waals surface area (Å²) in [6.45, 7) is 0.377. The van der Waals surface area contributed by atoms with Crippen molar-refractivity contribution >= 4 is 5.69 Å². The number of nitriles is 1. The summed E-state index contributed by atoms with van der Waals surface area (Å²) in [5.41, 5.74) is 0.523. The van der Waals surface area contributed by atoms with Crippen LogP contribution in [-0.2, 0) is 4.74 Å². The monoisotopic (exact) mass is 224 g/mol. The molecule has 4 nitrogen and oxygen atoms in total. The molecule has 0 saturated heterocycles. The number of methoxy groups -OCH3 is 1. The van der Waals surface area contributed by atoms with Gasteiger partial charge in [0.05, 0.1) is 30.0 Å². The van der Waals surface area contributed by atoms with E-state index in [1.807, 2.05) is 6.07 Å². The van der Waals surface area contributed by atoms with E-state index in [9.17, 15) is 9.50 Å². The first-order valence-electron chi connectivity index (χ1n) is 4.78. The quantitative estimate of drug-likeness (QED) is 0.786. The number of nitrogens with zero attached hydrogens (tertiary/aromatic N) is 1. The van der Waals surface area contributed by atoms with Crippen LogP contribution in [-0.4, -0.2) is 31.5 Å². The number of halogens is 1. The molecule has 0 aliphatic rings. The Balaban J connectivity index is 2.58. The van der Waals surface area contributed by atoms with Gasteiger partial charge >= 0.3 is 0 Å². The summed E-state index contributed by atoms with van der Waals surface area (Å²) in [4.78, 5) is 0. The Bertz CT molecular complexity index is 390. The SMILES string of the molecule is COCC(O)CNc1ccc(C#N)cc1F. The minimum Gasteiger partial charge on any atom is -0.389 e. The Kier molecular flexibility index (Phi) is 4.70. The molecule has 0 fully saturated rings. The van der Waals surface area contributed by atoms with Crippen LogP contribution in [0.5, 0.6) is 0 Å². The maximum atomic E-state index is 13.3. The Morgan fingerprint density at radius 2 is 2.38 bits per heavy atom. The zero-order valence-electron chi connectivity index (χ0n) is 8.90. The van der Waals surface area contributed by atoms with E-state index in [4.69, 9.17) is 10.00 Å². The molecule has 0 heterocycles. The van der Waals surface area contributed by atoms with E-state index in [0.717, 1.165) is 6.07 Å². The molecule has 1 unspecified atom stereocenters. The summed E-state index contributed by atoms with van der Waals surface area (Å²) >= 11 is 0. The highest BCUT2D eigenvalue weighted by molar-refractivity contribution is 5.48. The average Bonchev–Trinajstić information content (AvgIpc) is 2.27. The lowest BCUT2D eigenvalue weighted by atomic mass is 10.2. The largest absolute Gasteiger partial charge is 0.389 e. The van der Waals surface area contributed by atoms with Gasteiger partial charge in [0.1, 0.15) is 5.82 Å². The maximum Gasteiger partial charge on any atom is 0.147 e. The molecular weight excluding hydrogens is 211 g/mol. The molecule has 1 rings (SSSR count). The fraction of sp³-hybridized carbons (Fsp3) is 0.364. The fourth-order valence-corrected chi connectivity index (χ4v) is 1.21. The number of ether oxygens (including phenoxy) is 1. The van der Waals surface area contributed by atoms with Gasteiger partial charge in [-0.05, 0) is 18.2 Å². The average molecular weight is 224 g/mol. The van der Waals surface area contributed by atoms with Crippen LogP contribution in [0, 0.1) is 17.1 Å². The molecule has 0 spiro atoms. The highest BCUT2D eigenvalue weighted by Crippen LogP contribution is 2.15. The van der Waals surface area contributed by atoms with Crippen LogP contribution in [0.4, 0.5) is 10.1 Å². The van der Waals surface area contributed by atoms with Gasteiger partial charge in [-0.3, -0.25) is 0 Å². The molecule has 1 aromatic rings. The minimum absolute atomic E-state index is 0.185. The fourth-order valence-electron chi connectivity index (χ4n) is 1.21. The number of benzene rings is 1. The second kappa shape index (κ2) is 6.05. The molecule has 0 aromatic heterocycles. The van der Waals surface area contributed by atoms with Crippen molar-refractivity contribution in [3.05, 3.63) is 29.6 Å². The lowest BCUT2D eigenvalue weighted by Crippen LogP contribution is -2.24. The van der Waals surface area contributed by atoms with E-state index >= 15 is 0 Å². The summed E-state index contributed by atoms with van der Waals surface area (Å²) in [6.07, 6.45) is -0.694. The first-order valence-corrected chi connectivity index (χ1v) is 4.78. The predicted octanol–water partition coefficient (Wildman–Crippen LogP) is 1.12. The number of aliphatic hydroxyl groups is 1. The molecule has 0 amide bonds. The molecule has 16 heavy (non-hydrogen) atoms. The second-order valence-corrected chi connectivity index (χ2v) is 3.30. The molecule has 0 bridgehead atoms. The molecule has 0 aliphatic carbocycles. The third-order valence-corrected chi connectivity index (χ3v) is 1.99. The zero-order valence-corrected chi connectivity index (χ0v) is 8.90. The van der Waals surface area contributed by atoms with Crippen molar-refractivity contribution in [3.8, 4) is 6.07 Å². The van der Waals surface area contributed by atoms with Crippen LogP contribution in [0.2, 0.25) is 0 Å². The van der Waals surface area contributed by atoms with Crippen molar-refractivity contribution in [3.63, 3.8) is 0 Å². The van der Waals surface area contributed by atoms with E-state index in [-0.39, 0.29) is 24.4 Å². The van der Waals surface area contributed by atoms with Crippen LogP contribution in [0.1, 0.15) is 5.56 Å². The normalized spacial score (nSPS) is 11.9. The van der Waals surface area contributed by atoms with Crippen LogP contribution in [0.15, 0.2) is 18.2 Å². The molecule has 0 saturated carbocycles. The van der Waals surface area contributed by atoms with Crippen molar-refractivity contribution in [1.29, 1.82) is 5.26 Å². The van der Waals surface area contributed by atoms with Crippen LogP contribution < -0.4 is 5.32 Å². The Hall–Kier alpha value is -1.64. The van der Waals surface area contributed by atoms with E-state index in [0.29, 0.717) is 0 Å². The van der Waals surface area contributed by atoms with Gasteiger partial charge in [0.2, 0.25) is 0 Å². The standard InChI is InChI=1S/C11H13FN2O2/c1-16-7-9(15)6-14-11-3-2-8(5-13)4-10(11)12/h2-4,9,14-15H,6-7H2,1H3. The van der Waals surface area contributed by atoms with Gasteiger partial charge in [-0.15, -0.1) is 0 Å². The van der Waals surface area contributed by atoms with Crippen molar-refractivity contribution in [2.75, 3.05) is 25.6 Å². The van der Waals surface area contributed by atoms with E-state index in [2.05, 4.69) is 5.32 Å². The van der Waals surface area contributed by atoms with Gasteiger partial charge in [0.25, 0.3) is 0 Å². The Morgan fingerprint density at radius 1 is 1.62 bits per heavy atom. The van der Waals surface area contributed by atoms with Crippen LogP contribution in [0.25, 0.3) is 0 Å². The summed E-state index contributed by atoms with van der Waals surface area (Å²) in [5, 5.41) is 20.6. The lowest BCUT2D eigenvalue weighted by molar-refractivity contribution is 0.0727.